The minimum Gasteiger partial charge on any atom is -0.380 e. The summed E-state index contributed by atoms with van der Waals surface area (Å²) in [6, 6.07) is 1.80. The van der Waals surface area contributed by atoms with Crippen molar-refractivity contribution < 1.29 is 5.11 Å². The van der Waals surface area contributed by atoms with Gasteiger partial charge in [-0.05, 0) is 19.4 Å². The largest absolute Gasteiger partial charge is 0.380 e. The third-order valence-corrected chi connectivity index (χ3v) is 3.15. The molecular formula is C12H17ClN4O. The highest BCUT2D eigenvalue weighted by molar-refractivity contribution is 6.31. The van der Waals surface area contributed by atoms with Gasteiger partial charge < -0.3 is 5.11 Å². The Morgan fingerprint density at radius 1 is 1.33 bits per heavy atom. The fraction of sp³-hybridized carbons (Fsp3) is 0.500. The molecule has 1 N–H and O–H groups in total. The molecule has 2 aromatic rings. The summed E-state index contributed by atoms with van der Waals surface area (Å²) in [6.07, 6.45) is 3.39. The van der Waals surface area contributed by atoms with Gasteiger partial charge in [-0.1, -0.05) is 18.5 Å². The Labute approximate surface area is 111 Å². The van der Waals surface area contributed by atoms with Gasteiger partial charge in [0, 0.05) is 19.3 Å². The Hall–Kier alpha value is -1.33. The number of halogens is 1. The van der Waals surface area contributed by atoms with Gasteiger partial charge in [-0.3, -0.25) is 9.36 Å². The van der Waals surface area contributed by atoms with Gasteiger partial charge in [0.2, 0.25) is 0 Å². The van der Waals surface area contributed by atoms with Crippen molar-refractivity contribution in [3.05, 3.63) is 34.9 Å². The van der Waals surface area contributed by atoms with Gasteiger partial charge in [-0.25, -0.2) is 0 Å². The summed E-state index contributed by atoms with van der Waals surface area (Å²) in [5.74, 6) is 0. The third-order valence-electron chi connectivity index (χ3n) is 2.86. The zero-order chi connectivity index (χ0) is 13.1. The van der Waals surface area contributed by atoms with E-state index in [-0.39, 0.29) is 0 Å². The van der Waals surface area contributed by atoms with Crippen molar-refractivity contribution >= 4 is 11.6 Å². The molecule has 98 valence electrons. The number of hydrogen-bond acceptors (Lipinski definition) is 3. The number of hydrogen-bond donors (Lipinski definition) is 1. The third kappa shape index (κ3) is 2.28. The molecule has 0 radical (unpaired) electrons. The van der Waals surface area contributed by atoms with Gasteiger partial charge >= 0.3 is 0 Å². The first kappa shape index (κ1) is 13.1. The van der Waals surface area contributed by atoms with Crippen LogP contribution in [-0.2, 0) is 13.1 Å². The molecule has 0 saturated carbocycles. The second-order valence-electron chi connectivity index (χ2n) is 4.08. The van der Waals surface area contributed by atoms with Crippen molar-refractivity contribution in [3.8, 4) is 0 Å². The van der Waals surface area contributed by atoms with Crippen LogP contribution in [0.25, 0.3) is 0 Å². The predicted octanol–water partition coefficient (Wildman–Crippen LogP) is 2.24. The van der Waals surface area contributed by atoms with Gasteiger partial charge in [0.05, 0.1) is 22.6 Å². The zero-order valence-electron chi connectivity index (χ0n) is 10.5. The van der Waals surface area contributed by atoms with E-state index in [2.05, 4.69) is 17.1 Å². The van der Waals surface area contributed by atoms with Crippen LogP contribution in [0.1, 0.15) is 37.8 Å². The minimum absolute atomic E-state index is 0.486. The SMILES string of the molecule is CCCn1ncc(Cl)c1C(O)c1ccnn1CC. The highest BCUT2D eigenvalue weighted by Crippen LogP contribution is 2.28. The molecule has 2 aromatic heterocycles. The van der Waals surface area contributed by atoms with Crippen LogP contribution in [-0.4, -0.2) is 24.7 Å². The van der Waals surface area contributed by atoms with Crippen LogP contribution in [0.5, 0.6) is 0 Å². The Morgan fingerprint density at radius 2 is 2.11 bits per heavy atom. The standard InChI is InChI=1S/C12H17ClN4O/c1-3-7-17-11(9(13)8-15-17)12(18)10-5-6-14-16(10)4-2/h5-6,8,12,18H,3-4,7H2,1-2H3. The first-order chi connectivity index (χ1) is 8.69. The Morgan fingerprint density at radius 3 is 2.78 bits per heavy atom. The smallest absolute Gasteiger partial charge is 0.139 e. The average Bonchev–Trinajstić information content (AvgIpc) is 2.96. The summed E-state index contributed by atoms with van der Waals surface area (Å²) < 4.78 is 3.50. The van der Waals surface area contributed by atoms with Crippen molar-refractivity contribution in [2.75, 3.05) is 0 Å². The van der Waals surface area contributed by atoms with Gasteiger partial charge in [0.25, 0.3) is 0 Å². The fourth-order valence-corrected chi connectivity index (χ4v) is 2.26. The summed E-state index contributed by atoms with van der Waals surface area (Å²) in [6.45, 7) is 5.48. The molecule has 5 nitrogen and oxygen atoms in total. The molecule has 2 rings (SSSR count). The van der Waals surface area contributed by atoms with Crippen LogP contribution in [0.4, 0.5) is 0 Å². The highest BCUT2D eigenvalue weighted by atomic mass is 35.5. The van der Waals surface area contributed by atoms with Crippen molar-refractivity contribution in [1.29, 1.82) is 0 Å². The molecule has 0 spiro atoms. The number of aryl methyl sites for hydroxylation is 2. The molecule has 0 aliphatic rings. The lowest BCUT2D eigenvalue weighted by molar-refractivity contribution is 0.196. The molecule has 6 heteroatoms. The van der Waals surface area contributed by atoms with Gasteiger partial charge in [0.15, 0.2) is 0 Å². The monoisotopic (exact) mass is 268 g/mol. The lowest BCUT2D eigenvalue weighted by Gasteiger charge is -2.15. The fourth-order valence-electron chi connectivity index (χ4n) is 2.01. The van der Waals surface area contributed by atoms with E-state index in [4.69, 9.17) is 11.6 Å². The van der Waals surface area contributed by atoms with Crippen LogP contribution in [0.3, 0.4) is 0 Å². The lowest BCUT2D eigenvalue weighted by atomic mass is 10.2. The molecule has 0 aromatic carbocycles. The first-order valence-electron chi connectivity index (χ1n) is 6.10. The van der Waals surface area contributed by atoms with E-state index in [0.29, 0.717) is 17.3 Å². The molecule has 2 heterocycles. The molecule has 1 atom stereocenters. The quantitative estimate of drug-likeness (QED) is 0.905. The van der Waals surface area contributed by atoms with E-state index in [1.807, 2.05) is 6.92 Å². The van der Waals surface area contributed by atoms with Crippen molar-refractivity contribution in [2.24, 2.45) is 0 Å². The predicted molar refractivity (Wildman–Crippen MR) is 69.5 cm³/mol. The van der Waals surface area contributed by atoms with Crippen molar-refractivity contribution in [1.82, 2.24) is 19.6 Å². The van der Waals surface area contributed by atoms with E-state index >= 15 is 0 Å². The number of rotatable bonds is 5. The first-order valence-corrected chi connectivity index (χ1v) is 6.47. The van der Waals surface area contributed by atoms with Gasteiger partial charge in [-0.2, -0.15) is 10.2 Å². The van der Waals surface area contributed by atoms with E-state index < -0.39 is 6.10 Å². The van der Waals surface area contributed by atoms with Crippen LogP contribution in [0, 0.1) is 0 Å². The normalized spacial score (nSPS) is 12.9. The topological polar surface area (TPSA) is 55.9 Å². The van der Waals surface area contributed by atoms with Crippen LogP contribution in [0.15, 0.2) is 18.5 Å². The van der Waals surface area contributed by atoms with E-state index in [9.17, 15) is 5.11 Å². The number of aliphatic hydroxyl groups excluding tert-OH is 1. The van der Waals surface area contributed by atoms with Crippen LogP contribution in [0.2, 0.25) is 5.02 Å². The zero-order valence-corrected chi connectivity index (χ0v) is 11.3. The Balaban J connectivity index is 2.39. The Kier molecular flexibility index (Phi) is 4.04. The minimum atomic E-state index is -0.797. The molecule has 0 aliphatic carbocycles. The summed E-state index contributed by atoms with van der Waals surface area (Å²) in [5.41, 5.74) is 1.37. The second kappa shape index (κ2) is 5.54. The molecule has 0 fully saturated rings. The number of aliphatic hydroxyl groups is 1. The lowest BCUT2D eigenvalue weighted by Crippen LogP contribution is -2.14. The molecule has 0 aliphatic heterocycles. The number of nitrogens with zero attached hydrogens (tertiary/aromatic N) is 4. The van der Waals surface area contributed by atoms with Gasteiger partial charge in [-0.15, -0.1) is 0 Å². The highest BCUT2D eigenvalue weighted by Gasteiger charge is 2.22. The van der Waals surface area contributed by atoms with Crippen molar-refractivity contribution in [3.63, 3.8) is 0 Å². The summed E-state index contributed by atoms with van der Waals surface area (Å²) in [4.78, 5) is 0. The molecule has 1 unspecified atom stereocenters. The molecule has 0 bridgehead atoms. The summed E-state index contributed by atoms with van der Waals surface area (Å²) in [7, 11) is 0. The average molecular weight is 269 g/mol. The van der Waals surface area contributed by atoms with Crippen LogP contribution >= 0.6 is 11.6 Å². The summed E-state index contributed by atoms with van der Waals surface area (Å²) in [5, 5.41) is 19.3. The number of aromatic nitrogens is 4. The molecule has 18 heavy (non-hydrogen) atoms. The maximum atomic E-state index is 10.5. The van der Waals surface area contributed by atoms with Crippen molar-refractivity contribution in [2.45, 2.75) is 39.5 Å². The van der Waals surface area contributed by atoms with Gasteiger partial charge in [0.1, 0.15) is 6.10 Å². The maximum Gasteiger partial charge on any atom is 0.139 e. The molecule has 0 amide bonds. The van der Waals surface area contributed by atoms with E-state index in [1.54, 1.807) is 27.8 Å². The molecular weight excluding hydrogens is 252 g/mol. The second-order valence-corrected chi connectivity index (χ2v) is 4.48. The molecule has 0 saturated heterocycles. The van der Waals surface area contributed by atoms with E-state index in [1.165, 1.54) is 0 Å². The maximum absolute atomic E-state index is 10.5. The Bertz CT molecular complexity index is 520. The summed E-state index contributed by atoms with van der Waals surface area (Å²) >= 11 is 6.11. The van der Waals surface area contributed by atoms with E-state index in [0.717, 1.165) is 18.7 Å². The van der Waals surface area contributed by atoms with Crippen LogP contribution < -0.4 is 0 Å².